The van der Waals surface area contributed by atoms with E-state index in [1.54, 1.807) is 6.92 Å². The molecule has 0 bridgehead atoms. The number of hydrogen-bond donors (Lipinski definition) is 1. The van der Waals surface area contributed by atoms with Crippen LogP contribution in [0.5, 0.6) is 0 Å². The highest BCUT2D eigenvalue weighted by Crippen LogP contribution is 1.95. The van der Waals surface area contributed by atoms with Crippen LogP contribution in [0.15, 0.2) is 4.42 Å². The van der Waals surface area contributed by atoms with Gasteiger partial charge >= 0.3 is 0 Å². The fourth-order valence-corrected chi connectivity index (χ4v) is 0.635. The molecule has 0 fully saturated rings. The molecular formula is C6H12N4O. The summed E-state index contributed by atoms with van der Waals surface area (Å²) in [5.74, 6) is 1.21. The van der Waals surface area contributed by atoms with Crippen molar-refractivity contribution in [3.8, 4) is 0 Å². The van der Waals surface area contributed by atoms with Gasteiger partial charge in [-0.25, -0.2) is 5.43 Å². The molecule has 0 saturated carbocycles. The van der Waals surface area contributed by atoms with Crippen molar-refractivity contribution in [2.24, 2.45) is 0 Å². The van der Waals surface area contributed by atoms with Crippen LogP contribution in [0.3, 0.4) is 0 Å². The SMILES string of the molecule is Cc1nnc(CNN(C)C)o1. The lowest BCUT2D eigenvalue weighted by Gasteiger charge is -2.08. The highest BCUT2D eigenvalue weighted by molar-refractivity contribution is 4.76. The predicted molar refractivity (Wildman–Crippen MR) is 39.6 cm³/mol. The Morgan fingerprint density at radius 3 is 2.64 bits per heavy atom. The summed E-state index contributed by atoms with van der Waals surface area (Å²) in [6.45, 7) is 2.35. The number of hydrazine groups is 1. The van der Waals surface area contributed by atoms with Crippen LogP contribution in [-0.4, -0.2) is 29.3 Å². The second-order valence-electron chi connectivity index (χ2n) is 2.44. The van der Waals surface area contributed by atoms with Crippen LogP contribution < -0.4 is 5.43 Å². The second-order valence-corrected chi connectivity index (χ2v) is 2.44. The van der Waals surface area contributed by atoms with Gasteiger partial charge in [-0.3, -0.25) is 5.01 Å². The van der Waals surface area contributed by atoms with Gasteiger partial charge in [-0.2, -0.15) is 0 Å². The average Bonchev–Trinajstić information content (AvgIpc) is 2.31. The van der Waals surface area contributed by atoms with E-state index in [4.69, 9.17) is 4.42 Å². The van der Waals surface area contributed by atoms with E-state index in [0.717, 1.165) is 0 Å². The summed E-state index contributed by atoms with van der Waals surface area (Å²) in [6.07, 6.45) is 0. The average molecular weight is 156 g/mol. The second kappa shape index (κ2) is 3.45. The van der Waals surface area contributed by atoms with Gasteiger partial charge in [-0.15, -0.1) is 10.2 Å². The molecular weight excluding hydrogens is 144 g/mol. The molecule has 0 saturated heterocycles. The normalized spacial score (nSPS) is 10.9. The van der Waals surface area contributed by atoms with Gasteiger partial charge in [-0.1, -0.05) is 0 Å². The molecule has 0 atom stereocenters. The number of nitrogens with zero attached hydrogens (tertiary/aromatic N) is 3. The summed E-state index contributed by atoms with van der Waals surface area (Å²) >= 11 is 0. The third-order valence-electron chi connectivity index (χ3n) is 1.11. The van der Waals surface area contributed by atoms with Crippen molar-refractivity contribution in [2.75, 3.05) is 14.1 Å². The first kappa shape index (κ1) is 8.16. The third kappa shape index (κ3) is 2.65. The Bertz CT molecular complexity index is 220. The smallest absolute Gasteiger partial charge is 0.231 e. The van der Waals surface area contributed by atoms with Gasteiger partial charge in [0.1, 0.15) is 0 Å². The Morgan fingerprint density at radius 1 is 1.45 bits per heavy atom. The minimum absolute atomic E-state index is 0.577. The van der Waals surface area contributed by atoms with Crippen molar-refractivity contribution in [1.82, 2.24) is 20.6 Å². The Balaban J connectivity index is 2.39. The fraction of sp³-hybridized carbons (Fsp3) is 0.667. The van der Waals surface area contributed by atoms with E-state index in [1.807, 2.05) is 19.1 Å². The maximum Gasteiger partial charge on any atom is 0.231 e. The van der Waals surface area contributed by atoms with Crippen molar-refractivity contribution >= 4 is 0 Å². The van der Waals surface area contributed by atoms with Crippen LogP contribution in [0.1, 0.15) is 11.8 Å². The molecule has 11 heavy (non-hydrogen) atoms. The van der Waals surface area contributed by atoms with Crippen molar-refractivity contribution in [3.05, 3.63) is 11.8 Å². The first-order valence-electron chi connectivity index (χ1n) is 3.38. The summed E-state index contributed by atoms with van der Waals surface area (Å²) < 4.78 is 5.12. The van der Waals surface area contributed by atoms with E-state index in [2.05, 4.69) is 15.6 Å². The molecule has 0 aliphatic heterocycles. The third-order valence-corrected chi connectivity index (χ3v) is 1.11. The first-order chi connectivity index (χ1) is 5.18. The molecule has 0 amide bonds. The summed E-state index contributed by atoms with van der Waals surface area (Å²) in [6, 6.07) is 0. The quantitative estimate of drug-likeness (QED) is 0.621. The largest absolute Gasteiger partial charge is 0.424 e. The lowest BCUT2D eigenvalue weighted by molar-refractivity contribution is 0.267. The number of hydrogen-bond acceptors (Lipinski definition) is 5. The van der Waals surface area contributed by atoms with Gasteiger partial charge in [0.25, 0.3) is 0 Å². The van der Waals surface area contributed by atoms with Gasteiger partial charge in [-0.05, 0) is 0 Å². The van der Waals surface area contributed by atoms with Gasteiger partial charge in [0, 0.05) is 21.0 Å². The molecule has 0 aromatic carbocycles. The number of aryl methyl sites for hydroxylation is 1. The maximum atomic E-state index is 5.12. The van der Waals surface area contributed by atoms with E-state index in [1.165, 1.54) is 0 Å². The monoisotopic (exact) mass is 156 g/mol. The van der Waals surface area contributed by atoms with E-state index in [9.17, 15) is 0 Å². The minimum atomic E-state index is 0.577. The zero-order valence-electron chi connectivity index (χ0n) is 6.96. The van der Waals surface area contributed by atoms with Crippen LogP contribution in [0.25, 0.3) is 0 Å². The molecule has 1 aromatic heterocycles. The summed E-state index contributed by atoms with van der Waals surface area (Å²) in [4.78, 5) is 0. The van der Waals surface area contributed by atoms with Crippen LogP contribution in [0.2, 0.25) is 0 Å². The molecule has 0 spiro atoms. The number of rotatable bonds is 3. The molecule has 62 valence electrons. The van der Waals surface area contributed by atoms with Crippen molar-refractivity contribution in [1.29, 1.82) is 0 Å². The molecule has 1 N–H and O–H groups in total. The zero-order valence-corrected chi connectivity index (χ0v) is 6.96. The molecule has 0 aliphatic carbocycles. The lowest BCUT2D eigenvalue weighted by Crippen LogP contribution is -2.29. The molecule has 1 aromatic rings. The van der Waals surface area contributed by atoms with Crippen LogP contribution in [-0.2, 0) is 6.54 Å². The molecule has 0 unspecified atom stereocenters. The summed E-state index contributed by atoms with van der Waals surface area (Å²) in [5.41, 5.74) is 3.01. The molecule has 1 heterocycles. The lowest BCUT2D eigenvalue weighted by atomic mass is 10.7. The Kier molecular flexibility index (Phi) is 2.56. The van der Waals surface area contributed by atoms with E-state index >= 15 is 0 Å². The fourth-order valence-electron chi connectivity index (χ4n) is 0.635. The molecule has 0 aliphatic rings. The summed E-state index contributed by atoms with van der Waals surface area (Å²) in [5, 5.41) is 9.33. The van der Waals surface area contributed by atoms with Crippen molar-refractivity contribution in [3.63, 3.8) is 0 Å². The minimum Gasteiger partial charge on any atom is -0.424 e. The van der Waals surface area contributed by atoms with E-state index in [-0.39, 0.29) is 0 Å². The highest BCUT2D eigenvalue weighted by Gasteiger charge is 2.00. The Morgan fingerprint density at radius 2 is 2.18 bits per heavy atom. The summed E-state index contributed by atoms with van der Waals surface area (Å²) in [7, 11) is 3.81. The number of nitrogens with one attached hydrogen (secondary N) is 1. The standard InChI is InChI=1S/C6H12N4O/c1-5-8-9-6(11-5)4-7-10(2)3/h7H,4H2,1-3H3. The first-order valence-corrected chi connectivity index (χ1v) is 3.38. The molecule has 0 radical (unpaired) electrons. The van der Waals surface area contributed by atoms with Crippen molar-refractivity contribution in [2.45, 2.75) is 13.5 Å². The van der Waals surface area contributed by atoms with Crippen molar-refractivity contribution < 1.29 is 4.42 Å². The Hall–Kier alpha value is -0.940. The molecule has 5 nitrogen and oxygen atoms in total. The Labute approximate surface area is 65.4 Å². The van der Waals surface area contributed by atoms with Crippen LogP contribution >= 0.6 is 0 Å². The van der Waals surface area contributed by atoms with Gasteiger partial charge in [0.05, 0.1) is 6.54 Å². The van der Waals surface area contributed by atoms with E-state index in [0.29, 0.717) is 18.3 Å². The molecule has 1 rings (SSSR count). The van der Waals surface area contributed by atoms with E-state index < -0.39 is 0 Å². The van der Waals surface area contributed by atoms with Gasteiger partial charge in [0.2, 0.25) is 11.8 Å². The zero-order chi connectivity index (χ0) is 8.27. The van der Waals surface area contributed by atoms with Gasteiger partial charge < -0.3 is 4.42 Å². The predicted octanol–water partition coefficient (Wildman–Crippen LogP) is -0.0558. The van der Waals surface area contributed by atoms with Crippen LogP contribution in [0, 0.1) is 6.92 Å². The van der Waals surface area contributed by atoms with Gasteiger partial charge in [0.15, 0.2) is 0 Å². The maximum absolute atomic E-state index is 5.12. The molecule has 5 heteroatoms. The number of aromatic nitrogens is 2. The highest BCUT2D eigenvalue weighted by atomic mass is 16.4. The topological polar surface area (TPSA) is 54.2 Å². The van der Waals surface area contributed by atoms with Crippen LogP contribution in [0.4, 0.5) is 0 Å².